The Morgan fingerprint density at radius 1 is 1.29 bits per heavy atom. The summed E-state index contributed by atoms with van der Waals surface area (Å²) in [5, 5.41) is 15.9. The van der Waals surface area contributed by atoms with Gasteiger partial charge < -0.3 is 25.2 Å². The SMILES string of the molecule is CCC1CCC2(CC1)NC(=O)N(CC(=O)NCC(O)c1cc(OC)ccc1OC)C2=O. The molecule has 0 aromatic heterocycles. The summed E-state index contributed by atoms with van der Waals surface area (Å²) in [6.45, 7) is 1.64. The molecule has 1 aliphatic heterocycles. The lowest BCUT2D eigenvalue weighted by Crippen LogP contribution is -2.50. The summed E-state index contributed by atoms with van der Waals surface area (Å²) in [5.41, 5.74) is -0.417. The van der Waals surface area contributed by atoms with Crippen molar-refractivity contribution in [1.29, 1.82) is 0 Å². The first kappa shape index (κ1) is 22.9. The van der Waals surface area contributed by atoms with Crippen molar-refractivity contribution >= 4 is 17.8 Å². The van der Waals surface area contributed by atoms with Crippen LogP contribution in [0, 0.1) is 5.92 Å². The van der Waals surface area contributed by atoms with Gasteiger partial charge in [-0.25, -0.2) is 4.79 Å². The number of methoxy groups -OCH3 is 2. The third-order valence-electron chi connectivity index (χ3n) is 6.37. The van der Waals surface area contributed by atoms with Crippen LogP contribution >= 0.6 is 0 Å². The highest BCUT2D eigenvalue weighted by Crippen LogP contribution is 2.37. The number of hydrogen-bond acceptors (Lipinski definition) is 6. The number of carbonyl (C=O) groups excluding carboxylic acids is 3. The van der Waals surface area contributed by atoms with Crippen LogP contribution in [-0.2, 0) is 9.59 Å². The molecule has 1 aromatic rings. The van der Waals surface area contributed by atoms with Crippen LogP contribution in [-0.4, -0.2) is 60.7 Å². The lowest BCUT2D eigenvalue weighted by molar-refractivity contribution is -0.136. The van der Waals surface area contributed by atoms with E-state index in [1.807, 2.05) is 0 Å². The van der Waals surface area contributed by atoms with E-state index in [4.69, 9.17) is 9.47 Å². The minimum absolute atomic E-state index is 0.102. The maximum atomic E-state index is 12.9. The summed E-state index contributed by atoms with van der Waals surface area (Å²) >= 11 is 0. The minimum atomic E-state index is -1.05. The van der Waals surface area contributed by atoms with Crippen LogP contribution in [0.25, 0.3) is 0 Å². The Balaban J connectivity index is 1.57. The zero-order valence-corrected chi connectivity index (χ0v) is 18.3. The summed E-state index contributed by atoms with van der Waals surface area (Å²) < 4.78 is 10.4. The van der Waals surface area contributed by atoms with E-state index >= 15 is 0 Å². The van der Waals surface area contributed by atoms with E-state index in [0.717, 1.165) is 24.2 Å². The molecule has 31 heavy (non-hydrogen) atoms. The van der Waals surface area contributed by atoms with Crippen LogP contribution < -0.4 is 20.1 Å². The van der Waals surface area contributed by atoms with Crippen molar-refractivity contribution in [2.75, 3.05) is 27.3 Å². The van der Waals surface area contributed by atoms with Crippen molar-refractivity contribution < 1.29 is 29.0 Å². The molecule has 9 heteroatoms. The van der Waals surface area contributed by atoms with Crippen LogP contribution in [0.3, 0.4) is 0 Å². The number of nitrogens with zero attached hydrogens (tertiary/aromatic N) is 1. The van der Waals surface area contributed by atoms with Crippen molar-refractivity contribution in [1.82, 2.24) is 15.5 Å². The molecule has 0 bridgehead atoms. The molecular formula is C22H31N3O6. The van der Waals surface area contributed by atoms with Gasteiger partial charge in [0.15, 0.2) is 0 Å². The average Bonchev–Trinajstić information content (AvgIpc) is 3.01. The van der Waals surface area contributed by atoms with Crippen molar-refractivity contribution in [3.63, 3.8) is 0 Å². The Morgan fingerprint density at radius 3 is 2.61 bits per heavy atom. The summed E-state index contributed by atoms with van der Waals surface area (Å²) in [4.78, 5) is 38.7. The van der Waals surface area contributed by atoms with Gasteiger partial charge in [-0.05, 0) is 49.8 Å². The van der Waals surface area contributed by atoms with Crippen LogP contribution in [0.2, 0.25) is 0 Å². The molecule has 1 spiro atoms. The molecule has 1 atom stereocenters. The third kappa shape index (κ3) is 4.76. The Labute approximate surface area is 182 Å². The molecule has 3 N–H and O–H groups in total. The maximum Gasteiger partial charge on any atom is 0.325 e. The van der Waals surface area contributed by atoms with Crippen LogP contribution in [0.15, 0.2) is 18.2 Å². The fourth-order valence-electron chi connectivity index (χ4n) is 4.36. The highest BCUT2D eigenvalue weighted by molar-refractivity contribution is 6.09. The molecule has 1 saturated carbocycles. The van der Waals surface area contributed by atoms with Gasteiger partial charge in [0, 0.05) is 12.1 Å². The molecule has 1 heterocycles. The third-order valence-corrected chi connectivity index (χ3v) is 6.37. The number of nitrogens with one attached hydrogen (secondary N) is 2. The molecule has 3 rings (SSSR count). The first-order valence-corrected chi connectivity index (χ1v) is 10.6. The second-order valence-electron chi connectivity index (χ2n) is 8.18. The topological polar surface area (TPSA) is 117 Å². The van der Waals surface area contributed by atoms with Crippen LogP contribution in [0.5, 0.6) is 11.5 Å². The summed E-state index contributed by atoms with van der Waals surface area (Å²) in [7, 11) is 3.00. The number of urea groups is 1. The zero-order valence-electron chi connectivity index (χ0n) is 18.3. The molecule has 1 aromatic carbocycles. The van der Waals surface area contributed by atoms with E-state index in [2.05, 4.69) is 17.6 Å². The van der Waals surface area contributed by atoms with Gasteiger partial charge in [-0.2, -0.15) is 0 Å². The molecule has 1 aliphatic carbocycles. The molecule has 9 nitrogen and oxygen atoms in total. The number of aliphatic hydroxyl groups is 1. The number of imide groups is 1. The summed E-state index contributed by atoms with van der Waals surface area (Å²) in [6.07, 6.45) is 2.98. The maximum absolute atomic E-state index is 12.9. The monoisotopic (exact) mass is 433 g/mol. The number of aliphatic hydroxyl groups excluding tert-OH is 1. The van der Waals surface area contributed by atoms with Crippen LogP contribution in [0.1, 0.15) is 50.7 Å². The van der Waals surface area contributed by atoms with Crippen molar-refractivity contribution in [3.05, 3.63) is 23.8 Å². The first-order valence-electron chi connectivity index (χ1n) is 10.6. The van der Waals surface area contributed by atoms with Crippen LogP contribution in [0.4, 0.5) is 4.79 Å². The van der Waals surface area contributed by atoms with E-state index in [0.29, 0.717) is 35.8 Å². The van der Waals surface area contributed by atoms with E-state index in [1.54, 1.807) is 18.2 Å². The predicted octanol–water partition coefficient (Wildman–Crippen LogP) is 1.74. The minimum Gasteiger partial charge on any atom is -0.497 e. The fraction of sp³-hybridized carbons (Fsp3) is 0.591. The lowest BCUT2D eigenvalue weighted by Gasteiger charge is -2.34. The second-order valence-corrected chi connectivity index (χ2v) is 8.18. The quantitative estimate of drug-likeness (QED) is 0.538. The molecule has 170 valence electrons. The second kappa shape index (κ2) is 9.55. The van der Waals surface area contributed by atoms with Crippen molar-refractivity contribution in [2.45, 2.75) is 50.7 Å². The molecule has 1 unspecified atom stereocenters. The fourth-order valence-corrected chi connectivity index (χ4v) is 4.36. The smallest absolute Gasteiger partial charge is 0.325 e. The lowest BCUT2D eigenvalue weighted by atomic mass is 9.75. The van der Waals surface area contributed by atoms with E-state index < -0.39 is 23.6 Å². The molecular weight excluding hydrogens is 402 g/mol. The Kier molecular flexibility index (Phi) is 7.04. The van der Waals surface area contributed by atoms with E-state index in [1.165, 1.54) is 14.2 Å². The Hall–Kier alpha value is -2.81. The highest BCUT2D eigenvalue weighted by atomic mass is 16.5. The van der Waals surface area contributed by atoms with Crippen molar-refractivity contribution in [3.8, 4) is 11.5 Å². The first-order chi connectivity index (χ1) is 14.8. The Morgan fingerprint density at radius 2 is 2.00 bits per heavy atom. The van der Waals surface area contributed by atoms with Gasteiger partial charge in [-0.1, -0.05) is 13.3 Å². The number of amides is 4. The summed E-state index contributed by atoms with van der Waals surface area (Å²) in [5.74, 6) is 0.716. The predicted molar refractivity (Wildman–Crippen MR) is 113 cm³/mol. The van der Waals surface area contributed by atoms with Gasteiger partial charge in [-0.15, -0.1) is 0 Å². The number of hydrogen-bond donors (Lipinski definition) is 3. The van der Waals surface area contributed by atoms with E-state index in [9.17, 15) is 19.5 Å². The number of ether oxygens (including phenoxy) is 2. The normalized spacial score (nSPS) is 24.1. The molecule has 2 aliphatic rings. The molecule has 0 radical (unpaired) electrons. The molecule has 1 saturated heterocycles. The molecule has 2 fully saturated rings. The van der Waals surface area contributed by atoms with Gasteiger partial charge in [0.1, 0.15) is 23.6 Å². The largest absolute Gasteiger partial charge is 0.497 e. The van der Waals surface area contributed by atoms with Crippen molar-refractivity contribution in [2.24, 2.45) is 5.92 Å². The number of benzene rings is 1. The van der Waals surface area contributed by atoms with Gasteiger partial charge in [0.2, 0.25) is 5.91 Å². The van der Waals surface area contributed by atoms with Gasteiger partial charge in [-0.3, -0.25) is 14.5 Å². The zero-order chi connectivity index (χ0) is 22.6. The Bertz CT molecular complexity index is 835. The van der Waals surface area contributed by atoms with E-state index in [-0.39, 0.29) is 19.0 Å². The van der Waals surface area contributed by atoms with Gasteiger partial charge in [0.05, 0.1) is 20.3 Å². The molecule has 4 amide bonds. The highest BCUT2D eigenvalue weighted by Gasteiger charge is 2.52. The van der Waals surface area contributed by atoms with Gasteiger partial charge >= 0.3 is 6.03 Å². The summed E-state index contributed by atoms with van der Waals surface area (Å²) in [6, 6.07) is 4.46. The average molecular weight is 434 g/mol. The number of rotatable bonds is 8. The standard InChI is InChI=1S/C22H31N3O6/c1-4-14-7-9-22(10-8-14)20(28)25(21(29)24-22)13-19(27)23-12-17(26)16-11-15(30-2)5-6-18(16)31-3/h5-6,11,14,17,26H,4,7-10,12-13H2,1-3H3,(H,23,27)(H,24,29). The number of carbonyl (C=O) groups is 3. The van der Waals surface area contributed by atoms with Gasteiger partial charge in [0.25, 0.3) is 5.91 Å².